The van der Waals surface area contributed by atoms with Gasteiger partial charge in [0.2, 0.25) is 0 Å². The second kappa shape index (κ2) is 11.5. The van der Waals surface area contributed by atoms with E-state index in [1.54, 1.807) is 0 Å². The van der Waals surface area contributed by atoms with Crippen molar-refractivity contribution in [1.29, 1.82) is 0 Å². The summed E-state index contributed by atoms with van der Waals surface area (Å²) in [5.74, 6) is 1.29. The first-order valence-electron chi connectivity index (χ1n) is 8.59. The number of aliphatic imine (C=N–C) groups is 1. The van der Waals surface area contributed by atoms with Crippen molar-refractivity contribution in [2.24, 2.45) is 10.7 Å². The number of nitrogens with one attached hydrogen (secondary N) is 1. The average molecular weight is 447 g/mol. The van der Waals surface area contributed by atoms with Crippen LogP contribution in [-0.2, 0) is 4.74 Å². The molecule has 0 radical (unpaired) electrons. The fraction of sp³-hybridized carbons (Fsp3) is 0.611. The SMILES string of the molecule is CC(C)Oc1ccc(NC(N)=NCCCOC2CCCC2)cc1.I. The molecule has 1 aliphatic carbocycles. The molecule has 0 unspecified atom stereocenters. The molecule has 2 rings (SSSR count). The zero-order valence-corrected chi connectivity index (χ0v) is 17.0. The van der Waals surface area contributed by atoms with E-state index in [0.717, 1.165) is 24.5 Å². The van der Waals surface area contributed by atoms with Gasteiger partial charge < -0.3 is 20.5 Å². The largest absolute Gasteiger partial charge is 0.491 e. The fourth-order valence-electron chi connectivity index (χ4n) is 2.65. The molecule has 0 amide bonds. The number of nitrogens with two attached hydrogens (primary N) is 1. The maximum atomic E-state index is 5.90. The Bertz CT molecular complexity index is 486. The molecule has 0 saturated heterocycles. The Hall–Kier alpha value is -1.02. The van der Waals surface area contributed by atoms with Crippen molar-refractivity contribution in [2.75, 3.05) is 18.5 Å². The minimum Gasteiger partial charge on any atom is -0.491 e. The molecule has 0 bridgehead atoms. The zero-order chi connectivity index (χ0) is 16.5. The molecule has 1 saturated carbocycles. The number of ether oxygens (including phenoxy) is 2. The Morgan fingerprint density at radius 3 is 2.54 bits per heavy atom. The van der Waals surface area contributed by atoms with Crippen molar-refractivity contribution in [3.63, 3.8) is 0 Å². The number of benzene rings is 1. The van der Waals surface area contributed by atoms with Crippen LogP contribution in [0.15, 0.2) is 29.3 Å². The van der Waals surface area contributed by atoms with Crippen molar-refractivity contribution in [3.05, 3.63) is 24.3 Å². The highest BCUT2D eigenvalue weighted by Gasteiger charge is 2.14. The number of nitrogens with zero attached hydrogens (tertiary/aromatic N) is 1. The summed E-state index contributed by atoms with van der Waals surface area (Å²) in [7, 11) is 0. The maximum absolute atomic E-state index is 5.90. The van der Waals surface area contributed by atoms with Crippen LogP contribution in [0, 0.1) is 0 Å². The predicted octanol–water partition coefficient (Wildman–Crippen LogP) is 4.17. The quantitative estimate of drug-likeness (QED) is 0.272. The van der Waals surface area contributed by atoms with Crippen molar-refractivity contribution in [3.8, 4) is 5.75 Å². The summed E-state index contributed by atoms with van der Waals surface area (Å²) in [5, 5.41) is 3.09. The number of guanidine groups is 1. The summed E-state index contributed by atoms with van der Waals surface area (Å²) in [4.78, 5) is 4.33. The van der Waals surface area contributed by atoms with Gasteiger partial charge in [-0.3, -0.25) is 4.99 Å². The third kappa shape index (κ3) is 8.19. The van der Waals surface area contributed by atoms with Gasteiger partial charge in [0.05, 0.1) is 12.2 Å². The van der Waals surface area contributed by atoms with E-state index in [1.165, 1.54) is 25.7 Å². The second-order valence-corrected chi connectivity index (χ2v) is 6.21. The van der Waals surface area contributed by atoms with Crippen molar-refractivity contribution in [1.82, 2.24) is 0 Å². The summed E-state index contributed by atoms with van der Waals surface area (Å²) >= 11 is 0. The first-order valence-corrected chi connectivity index (χ1v) is 8.59. The number of anilines is 1. The molecule has 1 aliphatic rings. The van der Waals surface area contributed by atoms with Crippen LogP contribution in [-0.4, -0.2) is 31.3 Å². The molecule has 136 valence electrons. The van der Waals surface area contributed by atoms with Gasteiger partial charge in [-0.15, -0.1) is 24.0 Å². The van der Waals surface area contributed by atoms with Crippen LogP contribution in [0.5, 0.6) is 5.75 Å². The van der Waals surface area contributed by atoms with Gasteiger partial charge in [0.1, 0.15) is 5.75 Å². The summed E-state index contributed by atoms with van der Waals surface area (Å²) < 4.78 is 11.4. The van der Waals surface area contributed by atoms with Crippen molar-refractivity contribution >= 4 is 35.6 Å². The van der Waals surface area contributed by atoms with Crippen LogP contribution >= 0.6 is 24.0 Å². The lowest BCUT2D eigenvalue weighted by atomic mass is 10.3. The third-order valence-corrected chi connectivity index (χ3v) is 3.74. The van der Waals surface area contributed by atoms with Crippen LogP contribution < -0.4 is 15.8 Å². The van der Waals surface area contributed by atoms with E-state index >= 15 is 0 Å². The average Bonchev–Trinajstić information content (AvgIpc) is 3.02. The second-order valence-electron chi connectivity index (χ2n) is 6.21. The molecule has 0 heterocycles. The number of halogens is 1. The maximum Gasteiger partial charge on any atom is 0.193 e. The van der Waals surface area contributed by atoms with E-state index in [-0.39, 0.29) is 30.1 Å². The molecule has 1 aromatic carbocycles. The summed E-state index contributed by atoms with van der Waals surface area (Å²) in [5.41, 5.74) is 6.80. The molecule has 0 spiro atoms. The Balaban J connectivity index is 0.00000288. The molecule has 6 heteroatoms. The molecular weight excluding hydrogens is 417 g/mol. The third-order valence-electron chi connectivity index (χ3n) is 3.74. The predicted molar refractivity (Wildman–Crippen MR) is 111 cm³/mol. The van der Waals surface area contributed by atoms with Gasteiger partial charge in [0, 0.05) is 18.8 Å². The molecule has 5 nitrogen and oxygen atoms in total. The van der Waals surface area contributed by atoms with Gasteiger partial charge in [0.15, 0.2) is 5.96 Å². The molecular formula is C18H30IN3O2. The number of hydrogen-bond donors (Lipinski definition) is 2. The molecule has 0 aliphatic heterocycles. The van der Waals surface area contributed by atoms with E-state index in [0.29, 0.717) is 18.6 Å². The molecule has 0 aromatic heterocycles. The number of rotatable bonds is 8. The van der Waals surface area contributed by atoms with E-state index in [1.807, 2.05) is 38.1 Å². The highest BCUT2D eigenvalue weighted by Crippen LogP contribution is 2.20. The minimum atomic E-state index is 0. The highest BCUT2D eigenvalue weighted by atomic mass is 127. The molecule has 24 heavy (non-hydrogen) atoms. The van der Waals surface area contributed by atoms with Gasteiger partial charge in [0.25, 0.3) is 0 Å². The standard InChI is InChI=1S/C18H29N3O2.HI/c1-14(2)23-17-10-8-15(9-11-17)21-18(19)20-12-5-13-22-16-6-3-4-7-16;/h8-11,14,16H,3-7,12-13H2,1-2H3,(H3,19,20,21);1H. The van der Waals surface area contributed by atoms with E-state index in [4.69, 9.17) is 15.2 Å². The highest BCUT2D eigenvalue weighted by molar-refractivity contribution is 14.0. The normalized spacial score (nSPS) is 15.4. The van der Waals surface area contributed by atoms with Crippen LogP contribution in [0.2, 0.25) is 0 Å². The Morgan fingerprint density at radius 2 is 1.92 bits per heavy atom. The molecule has 3 N–H and O–H groups in total. The lowest BCUT2D eigenvalue weighted by Gasteiger charge is -2.11. The van der Waals surface area contributed by atoms with Gasteiger partial charge in [-0.1, -0.05) is 12.8 Å². The topological polar surface area (TPSA) is 68.9 Å². The van der Waals surface area contributed by atoms with Crippen LogP contribution in [0.3, 0.4) is 0 Å². The minimum absolute atomic E-state index is 0. The van der Waals surface area contributed by atoms with Gasteiger partial charge in [-0.2, -0.15) is 0 Å². The van der Waals surface area contributed by atoms with Crippen LogP contribution in [0.4, 0.5) is 5.69 Å². The van der Waals surface area contributed by atoms with Crippen molar-refractivity contribution in [2.45, 2.75) is 58.2 Å². The number of hydrogen-bond acceptors (Lipinski definition) is 3. The lowest BCUT2D eigenvalue weighted by molar-refractivity contribution is 0.0579. The Labute approximate surface area is 162 Å². The first kappa shape index (κ1) is 21.0. The summed E-state index contributed by atoms with van der Waals surface area (Å²) in [6, 6.07) is 7.71. The van der Waals surface area contributed by atoms with E-state index < -0.39 is 0 Å². The van der Waals surface area contributed by atoms with E-state index in [9.17, 15) is 0 Å². The molecule has 0 atom stereocenters. The van der Waals surface area contributed by atoms with Crippen LogP contribution in [0.1, 0.15) is 46.0 Å². The lowest BCUT2D eigenvalue weighted by Crippen LogP contribution is -2.23. The first-order chi connectivity index (χ1) is 11.1. The van der Waals surface area contributed by atoms with Crippen LogP contribution in [0.25, 0.3) is 0 Å². The van der Waals surface area contributed by atoms with Gasteiger partial charge in [-0.05, 0) is 57.4 Å². The van der Waals surface area contributed by atoms with Crippen molar-refractivity contribution < 1.29 is 9.47 Å². The van der Waals surface area contributed by atoms with Gasteiger partial charge >= 0.3 is 0 Å². The Morgan fingerprint density at radius 1 is 1.25 bits per heavy atom. The molecule has 1 fully saturated rings. The zero-order valence-electron chi connectivity index (χ0n) is 14.7. The Kier molecular flexibility index (Phi) is 10.1. The summed E-state index contributed by atoms with van der Waals surface area (Å²) in [6.45, 7) is 5.46. The smallest absolute Gasteiger partial charge is 0.193 e. The summed E-state index contributed by atoms with van der Waals surface area (Å²) in [6.07, 6.45) is 6.59. The fourth-order valence-corrected chi connectivity index (χ4v) is 2.65. The monoisotopic (exact) mass is 447 g/mol. The van der Waals surface area contributed by atoms with E-state index in [2.05, 4.69) is 10.3 Å². The van der Waals surface area contributed by atoms with Gasteiger partial charge in [-0.25, -0.2) is 0 Å². The molecule has 1 aromatic rings.